The third kappa shape index (κ3) is 2.19. The van der Waals surface area contributed by atoms with Crippen LogP contribution < -0.4 is 0 Å². The molecular weight excluding hydrogens is 194 g/mol. The van der Waals surface area contributed by atoms with Gasteiger partial charge in [-0.05, 0) is 24.3 Å². The zero-order chi connectivity index (χ0) is 11.4. The summed E-state index contributed by atoms with van der Waals surface area (Å²) in [5.74, 6) is 0. The summed E-state index contributed by atoms with van der Waals surface area (Å²) in [6.45, 7) is 0. The quantitative estimate of drug-likeness (QED) is 0.529. The molecule has 0 saturated carbocycles. The summed E-state index contributed by atoms with van der Waals surface area (Å²) in [6, 6.07) is 20.9. The minimum Gasteiger partial charge on any atom is -0.234 e. The lowest BCUT2D eigenvalue weighted by Crippen LogP contribution is -2.16. The molecular formula is C15H16N+. The first-order valence-electron chi connectivity index (χ1n) is 5.44. The summed E-state index contributed by atoms with van der Waals surface area (Å²) in [4.78, 5) is 0. The molecule has 2 rings (SSSR count). The fourth-order valence-corrected chi connectivity index (χ4v) is 1.88. The molecule has 0 saturated heterocycles. The van der Waals surface area contributed by atoms with Crippen molar-refractivity contribution >= 4 is 5.71 Å². The van der Waals surface area contributed by atoms with Gasteiger partial charge >= 0.3 is 0 Å². The van der Waals surface area contributed by atoms with Crippen LogP contribution in [0.2, 0.25) is 0 Å². The molecule has 0 unspecified atom stereocenters. The van der Waals surface area contributed by atoms with Gasteiger partial charge < -0.3 is 0 Å². The van der Waals surface area contributed by atoms with E-state index in [4.69, 9.17) is 0 Å². The summed E-state index contributed by atoms with van der Waals surface area (Å²) < 4.78 is 2.16. The zero-order valence-electron chi connectivity index (χ0n) is 9.72. The average molecular weight is 210 g/mol. The van der Waals surface area contributed by atoms with Crippen molar-refractivity contribution in [1.82, 2.24) is 0 Å². The molecule has 0 aliphatic rings. The van der Waals surface area contributed by atoms with Crippen LogP contribution in [0.4, 0.5) is 0 Å². The van der Waals surface area contributed by atoms with Crippen LogP contribution in [0.1, 0.15) is 11.1 Å². The molecule has 1 heteroatoms. The van der Waals surface area contributed by atoms with Gasteiger partial charge in [-0.15, -0.1) is 0 Å². The van der Waals surface area contributed by atoms with Gasteiger partial charge in [0.15, 0.2) is 0 Å². The van der Waals surface area contributed by atoms with Crippen molar-refractivity contribution < 1.29 is 4.58 Å². The van der Waals surface area contributed by atoms with Gasteiger partial charge in [-0.1, -0.05) is 36.4 Å². The molecule has 0 amide bonds. The summed E-state index contributed by atoms with van der Waals surface area (Å²) in [5.41, 5.74) is 3.75. The maximum Gasteiger partial charge on any atom is 0.214 e. The van der Waals surface area contributed by atoms with E-state index in [0.717, 1.165) is 0 Å². The Kier molecular flexibility index (Phi) is 3.16. The smallest absolute Gasteiger partial charge is 0.214 e. The van der Waals surface area contributed by atoms with Crippen LogP contribution >= 0.6 is 0 Å². The number of hydrogen-bond donors (Lipinski definition) is 0. The Morgan fingerprint density at radius 3 is 1.38 bits per heavy atom. The van der Waals surface area contributed by atoms with Gasteiger partial charge in [0.2, 0.25) is 5.71 Å². The molecule has 0 radical (unpaired) electrons. The van der Waals surface area contributed by atoms with E-state index >= 15 is 0 Å². The number of rotatable bonds is 2. The van der Waals surface area contributed by atoms with Gasteiger partial charge in [-0.2, -0.15) is 0 Å². The zero-order valence-corrected chi connectivity index (χ0v) is 9.72. The molecule has 0 bridgehead atoms. The Hall–Kier alpha value is -1.89. The second-order valence-corrected chi connectivity index (χ2v) is 3.98. The van der Waals surface area contributed by atoms with E-state index in [1.807, 2.05) is 12.1 Å². The third-order valence-electron chi connectivity index (χ3n) is 2.54. The number of nitrogens with zero attached hydrogens (tertiary/aromatic N) is 1. The molecule has 2 aromatic carbocycles. The Labute approximate surface area is 96.7 Å². The van der Waals surface area contributed by atoms with Gasteiger partial charge in [0.05, 0.1) is 0 Å². The van der Waals surface area contributed by atoms with E-state index in [1.165, 1.54) is 16.8 Å². The van der Waals surface area contributed by atoms with E-state index in [-0.39, 0.29) is 0 Å². The Morgan fingerprint density at radius 1 is 0.688 bits per heavy atom. The second-order valence-electron chi connectivity index (χ2n) is 3.98. The molecule has 2 aromatic rings. The van der Waals surface area contributed by atoms with E-state index in [1.54, 1.807) is 0 Å². The van der Waals surface area contributed by atoms with Crippen molar-refractivity contribution in [3.8, 4) is 0 Å². The maximum absolute atomic E-state index is 2.16. The van der Waals surface area contributed by atoms with Crippen LogP contribution in [0, 0.1) is 0 Å². The lowest BCUT2D eigenvalue weighted by atomic mass is 10.0. The largest absolute Gasteiger partial charge is 0.234 e. The predicted molar refractivity (Wildman–Crippen MR) is 68.2 cm³/mol. The Morgan fingerprint density at radius 2 is 1.06 bits per heavy atom. The van der Waals surface area contributed by atoms with Gasteiger partial charge in [0.25, 0.3) is 0 Å². The highest BCUT2D eigenvalue weighted by molar-refractivity contribution is 6.09. The molecule has 1 nitrogen and oxygen atoms in total. The highest BCUT2D eigenvalue weighted by Gasteiger charge is 2.13. The maximum atomic E-state index is 2.16. The van der Waals surface area contributed by atoms with E-state index in [9.17, 15) is 0 Å². The second kappa shape index (κ2) is 4.75. The van der Waals surface area contributed by atoms with Crippen molar-refractivity contribution in [3.63, 3.8) is 0 Å². The summed E-state index contributed by atoms with van der Waals surface area (Å²) in [6.07, 6.45) is 0. The van der Waals surface area contributed by atoms with Crippen molar-refractivity contribution in [3.05, 3.63) is 71.8 Å². The molecule has 0 aliphatic carbocycles. The first kappa shape index (κ1) is 10.6. The Balaban J connectivity index is 2.54. The van der Waals surface area contributed by atoms with Crippen LogP contribution in [0.5, 0.6) is 0 Å². The summed E-state index contributed by atoms with van der Waals surface area (Å²) >= 11 is 0. The standard InChI is InChI=1S/C15H16N/c1-16(2)15(13-9-5-3-6-10-13)14-11-7-4-8-12-14/h3-12H,1-2H3/q+1. The lowest BCUT2D eigenvalue weighted by Gasteiger charge is -2.04. The topological polar surface area (TPSA) is 3.01 Å². The van der Waals surface area contributed by atoms with E-state index in [2.05, 4.69) is 67.2 Å². The Bertz CT molecular complexity index is 438. The molecule has 80 valence electrons. The molecule has 0 aromatic heterocycles. The lowest BCUT2D eigenvalue weighted by molar-refractivity contribution is -0.463. The van der Waals surface area contributed by atoms with Crippen molar-refractivity contribution in [2.75, 3.05) is 14.1 Å². The van der Waals surface area contributed by atoms with Crippen LogP contribution in [0.25, 0.3) is 0 Å². The summed E-state index contributed by atoms with van der Waals surface area (Å²) in [5, 5.41) is 0. The van der Waals surface area contributed by atoms with Gasteiger partial charge in [0, 0.05) is 11.1 Å². The highest BCUT2D eigenvalue weighted by atomic mass is 14.9. The number of hydrogen-bond acceptors (Lipinski definition) is 0. The van der Waals surface area contributed by atoms with Crippen LogP contribution in [-0.4, -0.2) is 24.4 Å². The average Bonchev–Trinajstić information content (AvgIpc) is 2.31. The fraction of sp³-hybridized carbons (Fsp3) is 0.133. The predicted octanol–water partition coefficient (Wildman–Crippen LogP) is 2.80. The third-order valence-corrected chi connectivity index (χ3v) is 2.54. The first-order chi connectivity index (χ1) is 7.79. The molecule has 0 N–H and O–H groups in total. The molecule has 0 atom stereocenters. The minimum absolute atomic E-state index is 1.25. The SMILES string of the molecule is C[N+](C)=C(c1ccccc1)c1ccccc1. The molecule has 0 heterocycles. The van der Waals surface area contributed by atoms with Gasteiger partial charge in [-0.25, -0.2) is 4.58 Å². The molecule has 0 fully saturated rings. The molecule has 16 heavy (non-hydrogen) atoms. The number of benzene rings is 2. The monoisotopic (exact) mass is 210 g/mol. The van der Waals surface area contributed by atoms with Crippen molar-refractivity contribution in [2.45, 2.75) is 0 Å². The van der Waals surface area contributed by atoms with Crippen molar-refractivity contribution in [2.24, 2.45) is 0 Å². The highest BCUT2D eigenvalue weighted by Crippen LogP contribution is 2.09. The molecule has 0 aliphatic heterocycles. The minimum atomic E-state index is 1.25. The molecule has 0 spiro atoms. The van der Waals surface area contributed by atoms with Crippen LogP contribution in [-0.2, 0) is 0 Å². The van der Waals surface area contributed by atoms with Crippen molar-refractivity contribution in [1.29, 1.82) is 0 Å². The normalized spacial score (nSPS) is 9.88. The van der Waals surface area contributed by atoms with Crippen LogP contribution in [0.15, 0.2) is 60.7 Å². The van der Waals surface area contributed by atoms with E-state index in [0.29, 0.717) is 0 Å². The van der Waals surface area contributed by atoms with Gasteiger partial charge in [-0.3, -0.25) is 0 Å². The van der Waals surface area contributed by atoms with Crippen LogP contribution in [0.3, 0.4) is 0 Å². The first-order valence-corrected chi connectivity index (χ1v) is 5.44. The fourth-order valence-electron chi connectivity index (χ4n) is 1.88. The summed E-state index contributed by atoms with van der Waals surface area (Å²) in [7, 11) is 4.16. The van der Waals surface area contributed by atoms with Gasteiger partial charge in [0.1, 0.15) is 14.1 Å². The van der Waals surface area contributed by atoms with E-state index < -0.39 is 0 Å².